The first-order chi connectivity index (χ1) is 12.8. The summed E-state index contributed by atoms with van der Waals surface area (Å²) < 4.78 is 0.0625. The maximum absolute atomic E-state index is 9.10. The highest BCUT2D eigenvalue weighted by molar-refractivity contribution is 8.00. The number of aromatic nitrogens is 2. The molecule has 11 heteroatoms. The van der Waals surface area contributed by atoms with E-state index in [1.807, 2.05) is 6.07 Å². The minimum atomic E-state index is 0. The largest absolute Gasteiger partial charge is 0.395 e. The third kappa shape index (κ3) is 7.78. The van der Waals surface area contributed by atoms with Gasteiger partial charge in [-0.15, -0.1) is 37.2 Å². The molecule has 30 heavy (non-hydrogen) atoms. The number of halogens is 4. The summed E-state index contributed by atoms with van der Waals surface area (Å²) in [6.07, 6.45) is 0. The van der Waals surface area contributed by atoms with E-state index in [1.165, 1.54) is 0 Å². The Balaban J connectivity index is 0.00000280. The first kappa shape index (κ1) is 29.9. The van der Waals surface area contributed by atoms with E-state index < -0.39 is 0 Å². The predicted molar refractivity (Wildman–Crippen MR) is 137 cm³/mol. The van der Waals surface area contributed by atoms with Gasteiger partial charge in [-0.05, 0) is 40.1 Å². The van der Waals surface area contributed by atoms with Crippen molar-refractivity contribution >= 4 is 77.3 Å². The van der Waals surface area contributed by atoms with Crippen molar-refractivity contribution in [3.63, 3.8) is 0 Å². The molecule has 2 N–H and O–H groups in total. The predicted octanol–water partition coefficient (Wildman–Crippen LogP) is 4.03. The van der Waals surface area contributed by atoms with Crippen LogP contribution >= 0.6 is 60.6 Å². The quantitative estimate of drug-likeness (QED) is 0.537. The van der Waals surface area contributed by atoms with Gasteiger partial charge in [0.15, 0.2) is 5.16 Å². The van der Waals surface area contributed by atoms with Crippen LogP contribution in [0.5, 0.6) is 0 Å². The molecule has 3 rings (SSSR count). The number of rotatable bonds is 7. The molecule has 1 saturated heterocycles. The van der Waals surface area contributed by atoms with E-state index in [1.54, 1.807) is 11.8 Å². The molecular formula is C19H33Cl4N5OS. The summed E-state index contributed by atoms with van der Waals surface area (Å²) in [6, 6.07) is 4.08. The number of nitrogens with zero attached hydrogens (tertiary/aromatic N) is 4. The van der Waals surface area contributed by atoms with Crippen molar-refractivity contribution in [2.75, 3.05) is 64.9 Å². The van der Waals surface area contributed by atoms with Crippen molar-refractivity contribution in [2.45, 2.75) is 23.8 Å². The zero-order valence-corrected chi connectivity index (χ0v) is 21.9. The van der Waals surface area contributed by atoms with Gasteiger partial charge in [0.1, 0.15) is 0 Å². The second-order valence-electron chi connectivity index (χ2n) is 8.01. The number of β-amino-alcohol motifs (C(OH)–C–C–N with tert-alkyl or cyclic N) is 1. The molecule has 1 aliphatic heterocycles. The van der Waals surface area contributed by atoms with Crippen LogP contribution in [0.4, 0.5) is 5.69 Å². The number of thioether (sulfide) groups is 1. The van der Waals surface area contributed by atoms with Gasteiger partial charge in [0.25, 0.3) is 0 Å². The molecule has 1 aliphatic rings. The van der Waals surface area contributed by atoms with E-state index in [4.69, 9.17) is 21.7 Å². The maximum atomic E-state index is 9.10. The Kier molecular flexibility index (Phi) is 12.7. The summed E-state index contributed by atoms with van der Waals surface area (Å²) in [5.74, 6) is 0. The number of imidazole rings is 1. The number of hydrogen-bond acceptors (Lipinski definition) is 6. The summed E-state index contributed by atoms with van der Waals surface area (Å²) in [4.78, 5) is 15.0. The van der Waals surface area contributed by atoms with Crippen LogP contribution in [0.25, 0.3) is 11.0 Å². The Labute approximate surface area is 207 Å². The van der Waals surface area contributed by atoms with Crippen molar-refractivity contribution in [1.29, 1.82) is 0 Å². The summed E-state index contributed by atoms with van der Waals surface area (Å²) in [5.41, 5.74) is 2.99. The number of anilines is 1. The zero-order chi connectivity index (χ0) is 19.6. The molecule has 0 spiro atoms. The molecule has 2 aromatic rings. The van der Waals surface area contributed by atoms with Crippen molar-refractivity contribution < 1.29 is 5.11 Å². The fraction of sp³-hybridized carbons (Fsp3) is 0.632. The Bertz CT molecular complexity index is 782. The summed E-state index contributed by atoms with van der Waals surface area (Å²) >= 11 is 8.34. The van der Waals surface area contributed by atoms with E-state index >= 15 is 0 Å². The highest BCUT2D eigenvalue weighted by Crippen LogP contribution is 2.35. The number of piperazine rings is 1. The number of hydrogen-bond donors (Lipinski definition) is 2. The van der Waals surface area contributed by atoms with Gasteiger partial charge in [-0.2, -0.15) is 0 Å². The van der Waals surface area contributed by atoms with Crippen LogP contribution in [0, 0.1) is 0 Å². The number of aromatic amines is 1. The third-order valence-corrected chi connectivity index (χ3v) is 6.10. The molecule has 0 unspecified atom stereocenters. The highest BCUT2D eigenvalue weighted by Gasteiger charge is 2.23. The van der Waals surface area contributed by atoms with E-state index in [0.29, 0.717) is 0 Å². The standard InChI is InChI=1S/C19H30ClN5OS.3ClH/c1-19(2,13-23(3)4)27-18-21-15-11-14(20)17(12-16(15)22-18)25-7-5-24(6-8-25)9-10-26;;;/h11-12,26H,5-10,13H2,1-4H3,(H,21,22);3*1H. The molecule has 1 aromatic carbocycles. The van der Waals surface area contributed by atoms with Crippen molar-refractivity contribution in [1.82, 2.24) is 19.8 Å². The van der Waals surface area contributed by atoms with Crippen molar-refractivity contribution in [2.24, 2.45) is 0 Å². The Morgan fingerprint density at radius 3 is 2.37 bits per heavy atom. The molecule has 0 atom stereocenters. The highest BCUT2D eigenvalue weighted by atomic mass is 35.5. The van der Waals surface area contributed by atoms with E-state index in [2.05, 4.69) is 53.7 Å². The van der Waals surface area contributed by atoms with Crippen molar-refractivity contribution in [3.05, 3.63) is 17.2 Å². The van der Waals surface area contributed by atoms with Gasteiger partial charge in [-0.1, -0.05) is 23.4 Å². The van der Waals surface area contributed by atoms with Gasteiger partial charge in [-0.3, -0.25) is 4.90 Å². The Morgan fingerprint density at radius 1 is 1.17 bits per heavy atom. The SMILES string of the molecule is CN(C)CC(C)(C)Sc1nc2cc(Cl)c(N3CCN(CCO)CC3)cc2[nH]1.Cl.Cl.Cl. The second-order valence-corrected chi connectivity index (χ2v) is 10.1. The lowest BCUT2D eigenvalue weighted by Crippen LogP contribution is -2.47. The minimum Gasteiger partial charge on any atom is -0.395 e. The van der Waals surface area contributed by atoms with E-state index in [0.717, 1.165) is 66.2 Å². The first-order valence-electron chi connectivity index (χ1n) is 9.38. The molecule has 2 heterocycles. The normalized spacial score (nSPS) is 15.0. The van der Waals surface area contributed by atoms with Crippen LogP contribution in [0.2, 0.25) is 5.02 Å². The van der Waals surface area contributed by atoms with Crippen LogP contribution in [0.15, 0.2) is 17.3 Å². The molecule has 174 valence electrons. The molecule has 1 aromatic heterocycles. The maximum Gasteiger partial charge on any atom is 0.166 e. The number of aliphatic hydroxyl groups excluding tert-OH is 1. The fourth-order valence-electron chi connectivity index (χ4n) is 3.70. The van der Waals surface area contributed by atoms with Crippen molar-refractivity contribution in [3.8, 4) is 0 Å². The average Bonchev–Trinajstić information content (AvgIpc) is 2.94. The summed E-state index contributed by atoms with van der Waals surface area (Å²) in [7, 11) is 4.18. The monoisotopic (exact) mass is 519 g/mol. The van der Waals surface area contributed by atoms with Crippen LogP contribution in [0.1, 0.15) is 13.8 Å². The molecule has 0 bridgehead atoms. The van der Waals surface area contributed by atoms with Gasteiger partial charge in [0.2, 0.25) is 0 Å². The Hall–Kier alpha value is -0.120. The lowest BCUT2D eigenvalue weighted by molar-refractivity contribution is 0.189. The van der Waals surface area contributed by atoms with Crippen LogP contribution in [-0.4, -0.2) is 89.6 Å². The molecule has 0 radical (unpaired) electrons. The number of fused-ring (bicyclic) bond motifs is 1. The van der Waals surface area contributed by atoms with Gasteiger partial charge in [-0.25, -0.2) is 4.98 Å². The summed E-state index contributed by atoms with van der Waals surface area (Å²) in [6.45, 7) is 10.1. The second kappa shape index (κ2) is 12.8. The van der Waals surface area contributed by atoms with Gasteiger partial charge in [0, 0.05) is 44.0 Å². The van der Waals surface area contributed by atoms with E-state index in [-0.39, 0.29) is 48.6 Å². The molecular weight excluding hydrogens is 488 g/mol. The molecule has 0 amide bonds. The van der Waals surface area contributed by atoms with Gasteiger partial charge < -0.3 is 19.9 Å². The number of benzene rings is 1. The smallest absolute Gasteiger partial charge is 0.166 e. The molecule has 0 aliphatic carbocycles. The number of aliphatic hydroxyl groups is 1. The van der Waals surface area contributed by atoms with Crippen LogP contribution in [-0.2, 0) is 0 Å². The topological polar surface area (TPSA) is 58.6 Å². The lowest BCUT2D eigenvalue weighted by Gasteiger charge is -2.36. The fourth-order valence-corrected chi connectivity index (χ4v) is 5.13. The summed E-state index contributed by atoms with van der Waals surface area (Å²) in [5, 5.41) is 10.8. The number of H-pyrrole nitrogens is 1. The van der Waals surface area contributed by atoms with Gasteiger partial charge >= 0.3 is 0 Å². The first-order valence-corrected chi connectivity index (χ1v) is 10.6. The van der Waals surface area contributed by atoms with E-state index in [9.17, 15) is 0 Å². The van der Waals surface area contributed by atoms with Gasteiger partial charge in [0.05, 0.1) is 28.4 Å². The zero-order valence-electron chi connectivity index (χ0n) is 17.9. The molecule has 0 saturated carbocycles. The lowest BCUT2D eigenvalue weighted by atomic mass is 10.2. The molecule has 6 nitrogen and oxygen atoms in total. The van der Waals surface area contributed by atoms with Crippen LogP contribution in [0.3, 0.4) is 0 Å². The number of nitrogens with one attached hydrogen (secondary N) is 1. The average molecular weight is 521 g/mol. The minimum absolute atomic E-state index is 0. The molecule has 1 fully saturated rings. The third-order valence-electron chi connectivity index (χ3n) is 4.73. The Morgan fingerprint density at radius 2 is 1.80 bits per heavy atom. The van der Waals surface area contributed by atoms with Crippen LogP contribution < -0.4 is 4.90 Å².